The fourth-order valence-electron chi connectivity index (χ4n) is 2.52. The molecule has 1 aliphatic rings. The van der Waals surface area contributed by atoms with Crippen LogP contribution in [0.15, 0.2) is 24.5 Å². The molecule has 4 heteroatoms. The van der Waals surface area contributed by atoms with E-state index >= 15 is 0 Å². The van der Waals surface area contributed by atoms with Gasteiger partial charge in [0.1, 0.15) is 0 Å². The summed E-state index contributed by atoms with van der Waals surface area (Å²) in [5, 5.41) is 3.63. The molecular formula is C15H25N3O. The largest absolute Gasteiger partial charge is 0.382 e. The molecule has 1 aromatic rings. The van der Waals surface area contributed by atoms with Gasteiger partial charge in [-0.15, -0.1) is 0 Å². The summed E-state index contributed by atoms with van der Waals surface area (Å²) >= 11 is 0. The third-order valence-corrected chi connectivity index (χ3v) is 3.63. The van der Waals surface area contributed by atoms with Crippen molar-refractivity contribution in [1.29, 1.82) is 0 Å². The second-order valence-electron chi connectivity index (χ2n) is 4.97. The van der Waals surface area contributed by atoms with Gasteiger partial charge in [-0.1, -0.05) is 0 Å². The van der Waals surface area contributed by atoms with E-state index in [9.17, 15) is 0 Å². The second-order valence-corrected chi connectivity index (χ2v) is 4.97. The molecule has 0 aliphatic carbocycles. The summed E-state index contributed by atoms with van der Waals surface area (Å²) in [5.41, 5.74) is 1.30. The molecule has 0 aromatic carbocycles. The van der Waals surface area contributed by atoms with Crippen molar-refractivity contribution < 1.29 is 4.74 Å². The Balaban J connectivity index is 1.63. The number of ether oxygens (including phenoxy) is 1. The van der Waals surface area contributed by atoms with E-state index in [4.69, 9.17) is 4.74 Å². The molecule has 0 spiro atoms. The topological polar surface area (TPSA) is 37.4 Å². The van der Waals surface area contributed by atoms with Crippen molar-refractivity contribution in [3.8, 4) is 0 Å². The van der Waals surface area contributed by atoms with Gasteiger partial charge in [0.15, 0.2) is 0 Å². The lowest BCUT2D eigenvalue weighted by Gasteiger charge is -2.34. The van der Waals surface area contributed by atoms with Crippen molar-refractivity contribution in [3.05, 3.63) is 24.5 Å². The number of nitrogens with zero attached hydrogens (tertiary/aromatic N) is 2. The highest BCUT2D eigenvalue weighted by Gasteiger charge is 2.18. The zero-order chi connectivity index (χ0) is 13.3. The quantitative estimate of drug-likeness (QED) is 0.764. The van der Waals surface area contributed by atoms with Crippen LogP contribution in [-0.2, 0) is 4.74 Å². The van der Waals surface area contributed by atoms with Crippen molar-refractivity contribution in [2.45, 2.75) is 32.2 Å². The zero-order valence-corrected chi connectivity index (χ0v) is 11.8. The van der Waals surface area contributed by atoms with E-state index in [2.05, 4.69) is 27.3 Å². The third kappa shape index (κ3) is 4.80. The first-order valence-corrected chi connectivity index (χ1v) is 7.36. The number of hydrogen-bond donors (Lipinski definition) is 1. The average Bonchev–Trinajstić information content (AvgIpc) is 2.49. The van der Waals surface area contributed by atoms with Crippen molar-refractivity contribution in [2.24, 2.45) is 0 Å². The molecule has 0 saturated carbocycles. The molecular weight excluding hydrogens is 238 g/mol. The number of anilines is 1. The SMILES string of the molecule is CCOCCCNC1CCN(c2ccncc2)CC1. The van der Waals surface area contributed by atoms with Crippen LogP contribution in [-0.4, -0.2) is 43.9 Å². The Morgan fingerprint density at radius 1 is 1.32 bits per heavy atom. The van der Waals surface area contributed by atoms with Crippen LogP contribution in [0.3, 0.4) is 0 Å². The number of hydrogen-bond acceptors (Lipinski definition) is 4. The van der Waals surface area contributed by atoms with Gasteiger partial charge in [0.25, 0.3) is 0 Å². The predicted octanol–water partition coefficient (Wildman–Crippen LogP) is 2.07. The number of nitrogens with one attached hydrogen (secondary N) is 1. The van der Waals surface area contributed by atoms with Crippen molar-refractivity contribution in [1.82, 2.24) is 10.3 Å². The van der Waals surface area contributed by atoms with Crippen LogP contribution < -0.4 is 10.2 Å². The molecule has 0 unspecified atom stereocenters. The Bertz CT molecular complexity index is 337. The van der Waals surface area contributed by atoms with Crippen LogP contribution in [0.1, 0.15) is 26.2 Å². The number of piperidine rings is 1. The smallest absolute Gasteiger partial charge is 0.0477 e. The number of aromatic nitrogens is 1. The van der Waals surface area contributed by atoms with Crippen molar-refractivity contribution >= 4 is 5.69 Å². The monoisotopic (exact) mass is 263 g/mol. The lowest BCUT2D eigenvalue weighted by Crippen LogP contribution is -2.43. The Morgan fingerprint density at radius 2 is 2.05 bits per heavy atom. The van der Waals surface area contributed by atoms with Crippen LogP contribution >= 0.6 is 0 Å². The minimum absolute atomic E-state index is 0.666. The van der Waals surface area contributed by atoms with Gasteiger partial charge in [0.05, 0.1) is 0 Å². The fraction of sp³-hybridized carbons (Fsp3) is 0.667. The van der Waals surface area contributed by atoms with Gasteiger partial charge in [-0.05, 0) is 44.9 Å². The van der Waals surface area contributed by atoms with E-state index in [1.54, 1.807) is 0 Å². The van der Waals surface area contributed by atoms with Gasteiger partial charge in [-0.3, -0.25) is 4.98 Å². The summed E-state index contributed by atoms with van der Waals surface area (Å²) in [5.74, 6) is 0. The second kappa shape index (κ2) is 8.12. The molecule has 0 atom stereocenters. The Labute approximate surface area is 116 Å². The van der Waals surface area contributed by atoms with E-state index < -0.39 is 0 Å². The molecule has 0 radical (unpaired) electrons. The van der Waals surface area contributed by atoms with E-state index in [0.717, 1.165) is 39.3 Å². The summed E-state index contributed by atoms with van der Waals surface area (Å²) in [6.07, 6.45) is 7.28. The summed E-state index contributed by atoms with van der Waals surface area (Å²) in [7, 11) is 0. The fourth-order valence-corrected chi connectivity index (χ4v) is 2.52. The van der Waals surface area contributed by atoms with Gasteiger partial charge in [0, 0.05) is 50.4 Å². The third-order valence-electron chi connectivity index (χ3n) is 3.63. The van der Waals surface area contributed by atoms with Gasteiger partial charge >= 0.3 is 0 Å². The van der Waals surface area contributed by atoms with E-state index in [0.29, 0.717) is 6.04 Å². The van der Waals surface area contributed by atoms with Crippen molar-refractivity contribution in [3.63, 3.8) is 0 Å². The minimum atomic E-state index is 0.666. The standard InChI is InChI=1S/C15H25N3O/c1-2-19-13-3-8-17-14-6-11-18(12-7-14)15-4-9-16-10-5-15/h4-5,9-10,14,17H,2-3,6-8,11-13H2,1H3. The van der Waals surface area contributed by atoms with Crippen LogP contribution in [0.25, 0.3) is 0 Å². The molecule has 2 rings (SSSR count). The lowest BCUT2D eigenvalue weighted by molar-refractivity contribution is 0.143. The first-order valence-electron chi connectivity index (χ1n) is 7.36. The molecule has 1 N–H and O–H groups in total. The molecule has 106 valence electrons. The molecule has 19 heavy (non-hydrogen) atoms. The molecule has 1 saturated heterocycles. The van der Waals surface area contributed by atoms with Crippen LogP contribution in [0, 0.1) is 0 Å². The van der Waals surface area contributed by atoms with Gasteiger partial charge in [-0.2, -0.15) is 0 Å². The van der Waals surface area contributed by atoms with Crippen LogP contribution in [0.5, 0.6) is 0 Å². The average molecular weight is 263 g/mol. The maximum absolute atomic E-state index is 5.34. The summed E-state index contributed by atoms with van der Waals surface area (Å²) in [6.45, 7) is 7.08. The molecule has 0 bridgehead atoms. The number of pyridine rings is 1. The molecule has 0 amide bonds. The number of rotatable bonds is 7. The first kappa shape index (κ1) is 14.3. The zero-order valence-electron chi connectivity index (χ0n) is 11.8. The van der Waals surface area contributed by atoms with E-state index in [1.807, 2.05) is 19.3 Å². The van der Waals surface area contributed by atoms with Gasteiger partial charge in [0.2, 0.25) is 0 Å². The molecule has 1 aromatic heterocycles. The summed E-state index contributed by atoms with van der Waals surface area (Å²) < 4.78 is 5.34. The predicted molar refractivity (Wildman–Crippen MR) is 78.6 cm³/mol. The highest BCUT2D eigenvalue weighted by molar-refractivity contribution is 5.44. The van der Waals surface area contributed by atoms with Gasteiger partial charge < -0.3 is 15.0 Å². The lowest BCUT2D eigenvalue weighted by atomic mass is 10.0. The summed E-state index contributed by atoms with van der Waals surface area (Å²) in [4.78, 5) is 6.51. The maximum Gasteiger partial charge on any atom is 0.0477 e. The normalized spacial score (nSPS) is 16.8. The van der Waals surface area contributed by atoms with Gasteiger partial charge in [-0.25, -0.2) is 0 Å². The first-order chi connectivity index (χ1) is 9.40. The Kier molecular flexibility index (Phi) is 6.11. The van der Waals surface area contributed by atoms with Crippen LogP contribution in [0.2, 0.25) is 0 Å². The highest BCUT2D eigenvalue weighted by Crippen LogP contribution is 2.18. The van der Waals surface area contributed by atoms with E-state index in [-0.39, 0.29) is 0 Å². The molecule has 2 heterocycles. The highest BCUT2D eigenvalue weighted by atomic mass is 16.5. The Morgan fingerprint density at radius 3 is 2.74 bits per heavy atom. The van der Waals surface area contributed by atoms with E-state index in [1.165, 1.54) is 18.5 Å². The molecule has 1 fully saturated rings. The van der Waals surface area contributed by atoms with Crippen LogP contribution in [0.4, 0.5) is 5.69 Å². The Hall–Kier alpha value is -1.13. The molecule has 4 nitrogen and oxygen atoms in total. The molecule has 1 aliphatic heterocycles. The minimum Gasteiger partial charge on any atom is -0.382 e. The van der Waals surface area contributed by atoms with Crippen molar-refractivity contribution in [2.75, 3.05) is 37.7 Å². The summed E-state index contributed by atoms with van der Waals surface area (Å²) in [6, 6.07) is 4.85. The maximum atomic E-state index is 5.34.